The molecule has 4 heterocycles. The van der Waals surface area contributed by atoms with Crippen molar-refractivity contribution in [2.45, 2.75) is 57.2 Å². The number of fused-ring (bicyclic) bond motifs is 1. The molecule has 2 aliphatic heterocycles. The SMILES string of the molecule is C[C@@H](Oc1nc(C(C=NC2CCOCC2)=CN)cc2ncn(C3CC3)c12)[C@H]1CNC(=O)C1. The van der Waals surface area contributed by atoms with Crippen molar-refractivity contribution in [2.24, 2.45) is 16.6 Å². The Morgan fingerprint density at radius 3 is 2.88 bits per heavy atom. The van der Waals surface area contributed by atoms with E-state index in [9.17, 15) is 4.79 Å². The molecule has 1 aliphatic carbocycles. The van der Waals surface area contributed by atoms with Crippen molar-refractivity contribution < 1.29 is 14.3 Å². The summed E-state index contributed by atoms with van der Waals surface area (Å²) in [4.78, 5) is 25.9. The summed E-state index contributed by atoms with van der Waals surface area (Å²) in [6.45, 7) is 4.09. The highest BCUT2D eigenvalue weighted by atomic mass is 16.5. The number of hydrogen-bond acceptors (Lipinski definition) is 7. The molecule has 2 aromatic heterocycles. The average molecular weight is 439 g/mol. The van der Waals surface area contributed by atoms with Crippen LogP contribution in [0.15, 0.2) is 23.6 Å². The zero-order valence-electron chi connectivity index (χ0n) is 18.4. The molecule has 0 unspecified atom stereocenters. The van der Waals surface area contributed by atoms with Gasteiger partial charge in [0.05, 0.1) is 23.6 Å². The summed E-state index contributed by atoms with van der Waals surface area (Å²) in [6.07, 6.45) is 9.59. The maximum atomic E-state index is 11.7. The molecule has 1 amide bonds. The Morgan fingerprint density at radius 2 is 2.19 bits per heavy atom. The Hall–Kier alpha value is -2.94. The number of aliphatic imine (C=N–C) groups is 1. The fraction of sp³-hybridized carbons (Fsp3) is 0.565. The van der Waals surface area contributed by atoms with Gasteiger partial charge in [-0.1, -0.05) is 0 Å². The number of ether oxygens (including phenoxy) is 2. The lowest BCUT2D eigenvalue weighted by atomic mass is 10.0. The van der Waals surface area contributed by atoms with Gasteiger partial charge in [-0.3, -0.25) is 9.79 Å². The number of imidazole rings is 1. The number of rotatable bonds is 7. The highest BCUT2D eigenvalue weighted by Gasteiger charge is 2.31. The van der Waals surface area contributed by atoms with Gasteiger partial charge >= 0.3 is 0 Å². The number of nitrogens with one attached hydrogen (secondary N) is 1. The van der Waals surface area contributed by atoms with E-state index in [1.165, 1.54) is 6.20 Å². The monoisotopic (exact) mass is 438 g/mol. The van der Waals surface area contributed by atoms with Crippen LogP contribution in [0.5, 0.6) is 5.88 Å². The molecule has 2 aromatic rings. The van der Waals surface area contributed by atoms with Gasteiger partial charge in [-0.25, -0.2) is 9.97 Å². The molecule has 0 aromatic carbocycles. The molecule has 0 radical (unpaired) electrons. The maximum absolute atomic E-state index is 11.7. The number of carbonyl (C=O) groups is 1. The molecule has 1 saturated carbocycles. The first-order chi connectivity index (χ1) is 15.6. The molecular formula is C23H30N6O3. The minimum Gasteiger partial charge on any atom is -0.473 e. The second-order valence-electron chi connectivity index (χ2n) is 8.90. The molecule has 0 spiro atoms. The van der Waals surface area contributed by atoms with E-state index < -0.39 is 0 Å². The van der Waals surface area contributed by atoms with E-state index in [-0.39, 0.29) is 24.0 Å². The Morgan fingerprint density at radius 1 is 1.38 bits per heavy atom. The van der Waals surface area contributed by atoms with Crippen LogP contribution in [0.1, 0.15) is 50.8 Å². The van der Waals surface area contributed by atoms with Crippen LogP contribution in [-0.2, 0) is 9.53 Å². The Kier molecular flexibility index (Phi) is 5.82. The number of pyridine rings is 1. The van der Waals surface area contributed by atoms with Gasteiger partial charge in [0.1, 0.15) is 11.6 Å². The number of carbonyl (C=O) groups excluding carboxylic acids is 1. The van der Waals surface area contributed by atoms with Crippen LogP contribution in [0.2, 0.25) is 0 Å². The van der Waals surface area contributed by atoms with Crippen LogP contribution in [-0.4, -0.2) is 58.6 Å². The highest BCUT2D eigenvalue weighted by molar-refractivity contribution is 6.09. The van der Waals surface area contributed by atoms with Crippen molar-refractivity contribution in [1.82, 2.24) is 19.9 Å². The van der Waals surface area contributed by atoms with Crippen molar-refractivity contribution in [1.29, 1.82) is 0 Å². The molecule has 2 atom stereocenters. The molecule has 2 saturated heterocycles. The number of allylic oxidation sites excluding steroid dienone is 1. The van der Waals surface area contributed by atoms with Crippen LogP contribution < -0.4 is 15.8 Å². The normalized spacial score (nSPS) is 23.7. The van der Waals surface area contributed by atoms with Gasteiger partial charge in [-0.05, 0) is 38.7 Å². The lowest BCUT2D eigenvalue weighted by molar-refractivity contribution is -0.119. The van der Waals surface area contributed by atoms with Crippen LogP contribution in [0, 0.1) is 5.92 Å². The zero-order valence-corrected chi connectivity index (χ0v) is 18.4. The summed E-state index contributed by atoms with van der Waals surface area (Å²) in [5.41, 5.74) is 9.10. The minimum atomic E-state index is -0.163. The third-order valence-electron chi connectivity index (χ3n) is 6.52. The number of hydrogen-bond donors (Lipinski definition) is 2. The maximum Gasteiger partial charge on any atom is 0.241 e. The Labute approximate surface area is 187 Å². The largest absolute Gasteiger partial charge is 0.473 e. The van der Waals surface area contributed by atoms with E-state index in [1.807, 2.05) is 19.3 Å². The number of aromatic nitrogens is 3. The third kappa shape index (κ3) is 4.34. The van der Waals surface area contributed by atoms with Crippen LogP contribution in [0.3, 0.4) is 0 Å². The lowest BCUT2D eigenvalue weighted by Crippen LogP contribution is -2.26. The average Bonchev–Trinajstić information content (AvgIpc) is 3.40. The molecule has 9 heteroatoms. The van der Waals surface area contributed by atoms with E-state index in [1.54, 1.807) is 6.21 Å². The summed E-state index contributed by atoms with van der Waals surface area (Å²) in [6, 6.07) is 2.63. The van der Waals surface area contributed by atoms with Crippen LogP contribution in [0.4, 0.5) is 0 Å². The summed E-state index contributed by atoms with van der Waals surface area (Å²) >= 11 is 0. The van der Waals surface area contributed by atoms with Gasteiger partial charge in [0, 0.05) is 56.1 Å². The molecule has 0 bridgehead atoms. The van der Waals surface area contributed by atoms with E-state index in [2.05, 4.69) is 14.9 Å². The quantitative estimate of drug-likeness (QED) is 0.640. The first kappa shape index (κ1) is 20.9. The standard InChI is InChI=1S/C23H30N6O3/c1-14(15-8-21(30)26-11-15)32-23-22-20(27-13-29(22)18-2-3-18)9-19(28-23)16(10-24)12-25-17-4-6-31-7-5-17/h9-10,12-15,17-18H,2-8,11,24H2,1H3,(H,26,30)/t14-,15-/m1/s1. The van der Waals surface area contributed by atoms with E-state index in [0.29, 0.717) is 30.6 Å². The smallest absolute Gasteiger partial charge is 0.241 e. The highest BCUT2D eigenvalue weighted by Crippen LogP contribution is 2.40. The van der Waals surface area contributed by atoms with Crippen molar-refractivity contribution >= 4 is 28.7 Å². The number of amides is 1. The molecule has 32 heavy (non-hydrogen) atoms. The van der Waals surface area contributed by atoms with Crippen molar-refractivity contribution in [2.75, 3.05) is 19.8 Å². The summed E-state index contributed by atoms with van der Waals surface area (Å²) in [5, 5.41) is 2.89. The summed E-state index contributed by atoms with van der Waals surface area (Å²) in [7, 11) is 0. The fourth-order valence-corrected chi connectivity index (χ4v) is 4.33. The molecule has 5 rings (SSSR count). The van der Waals surface area contributed by atoms with E-state index >= 15 is 0 Å². The summed E-state index contributed by atoms with van der Waals surface area (Å²) in [5.74, 6) is 0.713. The predicted molar refractivity (Wildman–Crippen MR) is 122 cm³/mol. The van der Waals surface area contributed by atoms with Gasteiger partial charge in [-0.15, -0.1) is 0 Å². The molecule has 3 aliphatic rings. The topological polar surface area (TPSA) is 117 Å². The van der Waals surface area contributed by atoms with Gasteiger partial charge in [0.15, 0.2) is 0 Å². The second-order valence-corrected chi connectivity index (χ2v) is 8.90. The molecule has 9 nitrogen and oxygen atoms in total. The number of nitrogens with two attached hydrogens (primary N) is 1. The van der Waals surface area contributed by atoms with Crippen LogP contribution in [0.25, 0.3) is 16.6 Å². The van der Waals surface area contributed by atoms with Gasteiger partial charge < -0.3 is 25.1 Å². The Balaban J connectivity index is 1.46. The van der Waals surface area contributed by atoms with Gasteiger partial charge in [-0.2, -0.15) is 0 Å². The molecule has 170 valence electrons. The first-order valence-corrected chi connectivity index (χ1v) is 11.5. The minimum absolute atomic E-state index is 0.0676. The number of nitrogens with zero attached hydrogens (tertiary/aromatic N) is 4. The molecule has 3 N–H and O–H groups in total. The molecular weight excluding hydrogens is 408 g/mol. The van der Waals surface area contributed by atoms with Crippen molar-refractivity contribution in [3.63, 3.8) is 0 Å². The van der Waals surface area contributed by atoms with Crippen molar-refractivity contribution in [3.8, 4) is 5.88 Å². The fourth-order valence-electron chi connectivity index (χ4n) is 4.33. The van der Waals surface area contributed by atoms with Gasteiger partial charge in [0.2, 0.25) is 11.8 Å². The van der Waals surface area contributed by atoms with E-state index in [4.69, 9.17) is 25.2 Å². The van der Waals surface area contributed by atoms with Crippen LogP contribution >= 0.6 is 0 Å². The summed E-state index contributed by atoms with van der Waals surface area (Å²) < 4.78 is 13.9. The predicted octanol–water partition coefficient (Wildman–Crippen LogP) is 2.22. The van der Waals surface area contributed by atoms with Gasteiger partial charge in [0.25, 0.3) is 0 Å². The Bertz CT molecular complexity index is 1050. The van der Waals surface area contributed by atoms with E-state index in [0.717, 1.165) is 55.5 Å². The molecule has 3 fully saturated rings. The zero-order chi connectivity index (χ0) is 22.1. The third-order valence-corrected chi connectivity index (χ3v) is 6.52. The van der Waals surface area contributed by atoms with Crippen molar-refractivity contribution in [3.05, 3.63) is 24.3 Å². The second kappa shape index (κ2) is 8.90. The first-order valence-electron chi connectivity index (χ1n) is 11.5. The lowest BCUT2D eigenvalue weighted by Gasteiger charge is -2.20.